The number of esters is 1. The average Bonchev–Trinajstić information content (AvgIpc) is 3.07. The summed E-state index contributed by atoms with van der Waals surface area (Å²) in [5, 5.41) is 0. The number of carbonyl (C=O) groups excluding carboxylic acids is 2. The number of allylic oxidation sites excluding steroid dienone is 1. The standard InChI is InChI=1S/C25H27NO7/c1-7-33-18-10-8-17(9-11-18)26-15(2)22(25(28)32-6)19(24(26)27)12-16-13-20(29-3)23(31-5)21(14-16)30-4/h8-14H,7H2,1-6H3/b19-12-. The smallest absolute Gasteiger partial charge is 0.340 e. The maximum absolute atomic E-state index is 13.5. The molecule has 0 unspecified atom stereocenters. The summed E-state index contributed by atoms with van der Waals surface area (Å²) < 4.78 is 26.6. The zero-order valence-corrected chi connectivity index (χ0v) is 19.6. The Hall–Kier alpha value is -3.94. The highest BCUT2D eigenvalue weighted by Crippen LogP contribution is 2.41. The van der Waals surface area contributed by atoms with Crippen LogP contribution in [0.2, 0.25) is 0 Å². The lowest BCUT2D eigenvalue weighted by Gasteiger charge is -2.18. The Morgan fingerprint density at radius 2 is 1.58 bits per heavy atom. The Bertz CT molecular complexity index is 1090. The first-order valence-corrected chi connectivity index (χ1v) is 10.3. The molecule has 8 nitrogen and oxygen atoms in total. The van der Waals surface area contributed by atoms with Crippen molar-refractivity contribution >= 4 is 23.6 Å². The Morgan fingerprint density at radius 3 is 2.06 bits per heavy atom. The Labute approximate surface area is 192 Å². The monoisotopic (exact) mass is 453 g/mol. The molecule has 0 aromatic heterocycles. The molecule has 1 heterocycles. The van der Waals surface area contributed by atoms with Crippen LogP contribution in [0.4, 0.5) is 5.69 Å². The Morgan fingerprint density at radius 1 is 0.970 bits per heavy atom. The molecule has 1 amide bonds. The van der Waals surface area contributed by atoms with Crippen molar-refractivity contribution in [3.8, 4) is 23.0 Å². The molecule has 0 aliphatic carbocycles. The van der Waals surface area contributed by atoms with E-state index in [4.69, 9.17) is 23.7 Å². The molecule has 2 aromatic rings. The van der Waals surface area contributed by atoms with E-state index in [9.17, 15) is 9.59 Å². The van der Waals surface area contributed by atoms with Crippen LogP contribution in [-0.2, 0) is 14.3 Å². The van der Waals surface area contributed by atoms with E-state index in [0.717, 1.165) is 0 Å². The molecule has 0 atom stereocenters. The zero-order chi connectivity index (χ0) is 24.1. The highest BCUT2D eigenvalue weighted by atomic mass is 16.5. The molecule has 2 aromatic carbocycles. The molecule has 3 rings (SSSR count). The Kier molecular flexibility index (Phi) is 7.27. The molecule has 0 spiro atoms. The third-order valence-corrected chi connectivity index (χ3v) is 5.19. The fourth-order valence-electron chi connectivity index (χ4n) is 3.70. The fraction of sp³-hybridized carbons (Fsp3) is 0.280. The molecule has 0 bridgehead atoms. The Balaban J connectivity index is 2.12. The topological polar surface area (TPSA) is 83.5 Å². The maximum atomic E-state index is 13.5. The highest BCUT2D eigenvalue weighted by molar-refractivity contribution is 6.23. The number of methoxy groups -OCH3 is 4. The van der Waals surface area contributed by atoms with Crippen molar-refractivity contribution in [2.75, 3.05) is 39.9 Å². The summed E-state index contributed by atoms with van der Waals surface area (Å²) in [5.74, 6) is 1.01. The molecule has 1 aliphatic heterocycles. The van der Waals surface area contributed by atoms with E-state index in [1.807, 2.05) is 6.92 Å². The molecule has 1 aliphatic rings. The first kappa shape index (κ1) is 23.7. The molecule has 174 valence electrons. The molecule has 33 heavy (non-hydrogen) atoms. The lowest BCUT2D eigenvalue weighted by Crippen LogP contribution is -2.24. The normalized spacial score (nSPS) is 14.5. The number of benzene rings is 2. The van der Waals surface area contributed by atoms with Crippen LogP contribution in [0.25, 0.3) is 6.08 Å². The van der Waals surface area contributed by atoms with Crippen molar-refractivity contribution in [2.45, 2.75) is 13.8 Å². The van der Waals surface area contributed by atoms with Crippen molar-refractivity contribution in [2.24, 2.45) is 0 Å². The number of amides is 1. The van der Waals surface area contributed by atoms with Crippen molar-refractivity contribution in [1.82, 2.24) is 0 Å². The number of nitrogens with zero attached hydrogens (tertiary/aromatic N) is 1. The zero-order valence-electron chi connectivity index (χ0n) is 19.6. The van der Waals surface area contributed by atoms with Crippen LogP contribution in [0.3, 0.4) is 0 Å². The van der Waals surface area contributed by atoms with E-state index >= 15 is 0 Å². The number of hydrogen-bond donors (Lipinski definition) is 0. The van der Waals surface area contributed by atoms with Crippen LogP contribution in [0.15, 0.2) is 53.2 Å². The summed E-state index contributed by atoms with van der Waals surface area (Å²) in [6.07, 6.45) is 1.61. The van der Waals surface area contributed by atoms with Crippen LogP contribution in [-0.4, -0.2) is 46.9 Å². The molecule has 0 fully saturated rings. The number of anilines is 1. The van der Waals surface area contributed by atoms with Gasteiger partial charge in [0.1, 0.15) is 5.75 Å². The predicted octanol–water partition coefficient (Wildman–Crippen LogP) is 3.99. The van der Waals surface area contributed by atoms with Crippen LogP contribution in [0.1, 0.15) is 19.4 Å². The average molecular weight is 453 g/mol. The molecular weight excluding hydrogens is 426 g/mol. The summed E-state index contributed by atoms with van der Waals surface area (Å²) in [6, 6.07) is 10.5. The minimum absolute atomic E-state index is 0.185. The molecular formula is C25H27NO7. The summed E-state index contributed by atoms with van der Waals surface area (Å²) in [5.41, 5.74) is 2.05. The number of hydrogen-bond acceptors (Lipinski definition) is 7. The summed E-state index contributed by atoms with van der Waals surface area (Å²) in [4.78, 5) is 27.6. The maximum Gasteiger partial charge on any atom is 0.340 e. The quantitative estimate of drug-likeness (QED) is 0.441. The van der Waals surface area contributed by atoms with Crippen LogP contribution in [0.5, 0.6) is 23.0 Å². The number of ether oxygens (including phenoxy) is 5. The fourth-order valence-corrected chi connectivity index (χ4v) is 3.70. The summed E-state index contributed by atoms with van der Waals surface area (Å²) in [6.45, 7) is 4.14. The van der Waals surface area contributed by atoms with Gasteiger partial charge in [0, 0.05) is 11.4 Å². The van der Waals surface area contributed by atoms with Gasteiger partial charge in [-0.3, -0.25) is 9.69 Å². The lowest BCUT2D eigenvalue weighted by molar-refractivity contribution is -0.136. The second-order valence-corrected chi connectivity index (χ2v) is 7.04. The lowest BCUT2D eigenvalue weighted by atomic mass is 10.0. The van der Waals surface area contributed by atoms with Gasteiger partial charge in [-0.1, -0.05) is 0 Å². The van der Waals surface area contributed by atoms with E-state index in [-0.39, 0.29) is 17.1 Å². The van der Waals surface area contributed by atoms with Gasteiger partial charge < -0.3 is 23.7 Å². The van der Waals surface area contributed by atoms with Crippen molar-refractivity contribution < 1.29 is 33.3 Å². The van der Waals surface area contributed by atoms with Crippen LogP contribution < -0.4 is 23.8 Å². The van der Waals surface area contributed by atoms with Gasteiger partial charge in [-0.15, -0.1) is 0 Å². The minimum Gasteiger partial charge on any atom is -0.494 e. The second-order valence-electron chi connectivity index (χ2n) is 7.04. The number of rotatable bonds is 8. The molecule has 0 saturated heterocycles. The van der Waals surface area contributed by atoms with E-state index in [2.05, 4.69) is 0 Å². The van der Waals surface area contributed by atoms with Gasteiger partial charge in [-0.05, 0) is 61.9 Å². The third-order valence-electron chi connectivity index (χ3n) is 5.19. The van der Waals surface area contributed by atoms with E-state index < -0.39 is 5.97 Å². The van der Waals surface area contributed by atoms with Gasteiger partial charge in [-0.2, -0.15) is 0 Å². The van der Waals surface area contributed by atoms with Gasteiger partial charge in [0.05, 0.1) is 46.2 Å². The van der Waals surface area contributed by atoms with Crippen molar-refractivity contribution in [1.29, 1.82) is 0 Å². The molecule has 0 saturated carbocycles. The van der Waals surface area contributed by atoms with Crippen LogP contribution >= 0.6 is 0 Å². The van der Waals surface area contributed by atoms with Gasteiger partial charge in [0.15, 0.2) is 11.5 Å². The largest absolute Gasteiger partial charge is 0.494 e. The molecule has 0 N–H and O–H groups in total. The second kappa shape index (κ2) is 10.1. The summed E-state index contributed by atoms with van der Waals surface area (Å²) >= 11 is 0. The summed E-state index contributed by atoms with van der Waals surface area (Å²) in [7, 11) is 5.80. The van der Waals surface area contributed by atoms with E-state index in [1.54, 1.807) is 49.4 Å². The van der Waals surface area contributed by atoms with Crippen molar-refractivity contribution in [3.63, 3.8) is 0 Å². The van der Waals surface area contributed by atoms with E-state index in [0.29, 0.717) is 46.6 Å². The van der Waals surface area contributed by atoms with E-state index in [1.165, 1.54) is 33.3 Å². The van der Waals surface area contributed by atoms with Crippen molar-refractivity contribution in [3.05, 3.63) is 58.8 Å². The van der Waals surface area contributed by atoms with Gasteiger partial charge in [-0.25, -0.2) is 4.79 Å². The van der Waals surface area contributed by atoms with Gasteiger partial charge in [0.25, 0.3) is 5.91 Å². The molecule has 8 heteroatoms. The van der Waals surface area contributed by atoms with Gasteiger partial charge >= 0.3 is 5.97 Å². The number of carbonyl (C=O) groups is 2. The third kappa shape index (κ3) is 4.50. The SMILES string of the molecule is CCOc1ccc(N2C(=O)/C(=C\c3cc(OC)c(OC)c(OC)c3)C(C(=O)OC)=C2C)cc1. The highest BCUT2D eigenvalue weighted by Gasteiger charge is 2.38. The molecule has 0 radical (unpaired) electrons. The van der Waals surface area contributed by atoms with Gasteiger partial charge in [0.2, 0.25) is 5.75 Å². The minimum atomic E-state index is -0.604. The predicted molar refractivity (Wildman–Crippen MR) is 124 cm³/mol. The first-order chi connectivity index (χ1) is 15.9. The first-order valence-electron chi connectivity index (χ1n) is 10.3. The van der Waals surface area contributed by atoms with Crippen LogP contribution in [0, 0.1) is 0 Å².